The largest absolute Gasteiger partial charge is 0.497 e. The highest BCUT2D eigenvalue weighted by Gasteiger charge is 2.37. The summed E-state index contributed by atoms with van der Waals surface area (Å²) < 4.78 is 34.5. The van der Waals surface area contributed by atoms with Gasteiger partial charge >= 0.3 is 0 Å². The number of benzene rings is 1. The molecule has 0 N–H and O–H groups in total. The summed E-state index contributed by atoms with van der Waals surface area (Å²) in [5.41, 5.74) is 0.775. The molecule has 3 aromatic rings. The highest BCUT2D eigenvalue weighted by atomic mass is 32.2. The maximum Gasteiger partial charge on any atom is 0.252 e. The van der Waals surface area contributed by atoms with E-state index >= 15 is 0 Å². The topological polar surface area (TPSA) is 89.7 Å². The van der Waals surface area contributed by atoms with E-state index in [1.807, 2.05) is 0 Å². The molecule has 2 aromatic heterocycles. The Morgan fingerprint density at radius 2 is 1.96 bits per heavy atom. The van der Waals surface area contributed by atoms with Gasteiger partial charge in [0.2, 0.25) is 10.0 Å². The van der Waals surface area contributed by atoms with Crippen molar-refractivity contribution in [3.8, 4) is 5.75 Å². The lowest BCUT2D eigenvalue weighted by Gasteiger charge is -2.24. The minimum Gasteiger partial charge on any atom is -0.497 e. The third kappa shape index (κ3) is 2.65. The first-order valence-electron chi connectivity index (χ1n) is 7.92. The first-order chi connectivity index (χ1) is 12.1. The molecule has 0 radical (unpaired) electrons. The fourth-order valence-corrected chi connectivity index (χ4v) is 4.88. The Kier molecular flexibility index (Phi) is 3.89. The lowest BCUT2D eigenvalue weighted by molar-refractivity contribution is 0.385. The Balaban J connectivity index is 1.74. The minimum atomic E-state index is -3.62. The van der Waals surface area contributed by atoms with Gasteiger partial charge in [0.15, 0.2) is 0 Å². The molecule has 0 spiro atoms. The summed E-state index contributed by atoms with van der Waals surface area (Å²) in [6.07, 6.45) is 4.58. The second-order valence-corrected chi connectivity index (χ2v) is 7.68. The van der Waals surface area contributed by atoms with E-state index in [9.17, 15) is 8.42 Å². The van der Waals surface area contributed by atoms with Gasteiger partial charge in [-0.15, -0.1) is 0 Å². The van der Waals surface area contributed by atoms with Gasteiger partial charge in [0.05, 0.1) is 23.7 Å². The second kappa shape index (κ2) is 6.08. The van der Waals surface area contributed by atoms with Gasteiger partial charge in [0, 0.05) is 12.7 Å². The van der Waals surface area contributed by atoms with Crippen LogP contribution in [-0.2, 0) is 10.0 Å². The standard InChI is InChI=1S/C16H17N5O3S/c1-24-12-4-6-13(7-5-12)25(22,23)20-10-2-3-14(20)15-8-9-17-16-18-11-19-21(15)16/h4-9,11,14H,2-3,10H2,1H3. The molecule has 3 heterocycles. The maximum absolute atomic E-state index is 13.1. The van der Waals surface area contributed by atoms with Crippen LogP contribution < -0.4 is 4.74 Å². The molecule has 0 amide bonds. The normalized spacial score (nSPS) is 18.7. The Bertz CT molecular complexity index is 1000. The number of hydrogen-bond acceptors (Lipinski definition) is 6. The molecule has 25 heavy (non-hydrogen) atoms. The van der Waals surface area contributed by atoms with Crippen LogP contribution in [0.1, 0.15) is 24.6 Å². The molecular weight excluding hydrogens is 342 g/mol. The van der Waals surface area contributed by atoms with Gasteiger partial charge in [0.25, 0.3) is 5.78 Å². The summed E-state index contributed by atoms with van der Waals surface area (Å²) in [5, 5.41) is 4.18. The van der Waals surface area contributed by atoms with Crippen molar-refractivity contribution in [2.75, 3.05) is 13.7 Å². The molecule has 1 aliphatic heterocycles. The van der Waals surface area contributed by atoms with E-state index in [0.29, 0.717) is 18.1 Å². The number of fused-ring (bicyclic) bond motifs is 1. The quantitative estimate of drug-likeness (QED) is 0.704. The lowest BCUT2D eigenvalue weighted by Crippen LogP contribution is -2.31. The van der Waals surface area contributed by atoms with Crippen molar-refractivity contribution < 1.29 is 13.2 Å². The van der Waals surface area contributed by atoms with Crippen LogP contribution in [0.15, 0.2) is 47.8 Å². The van der Waals surface area contributed by atoms with E-state index in [1.54, 1.807) is 48.2 Å². The predicted molar refractivity (Wildman–Crippen MR) is 89.6 cm³/mol. The first-order valence-corrected chi connectivity index (χ1v) is 9.36. The smallest absolute Gasteiger partial charge is 0.252 e. The van der Waals surface area contributed by atoms with Crippen LogP contribution in [0.2, 0.25) is 0 Å². The van der Waals surface area contributed by atoms with Crippen molar-refractivity contribution in [1.82, 2.24) is 23.9 Å². The molecule has 9 heteroatoms. The van der Waals surface area contributed by atoms with Gasteiger partial charge in [0.1, 0.15) is 12.1 Å². The van der Waals surface area contributed by atoms with E-state index < -0.39 is 10.0 Å². The summed E-state index contributed by atoms with van der Waals surface area (Å²) in [5.74, 6) is 1.08. The van der Waals surface area contributed by atoms with Gasteiger partial charge in [-0.25, -0.2) is 13.4 Å². The van der Waals surface area contributed by atoms with Crippen LogP contribution >= 0.6 is 0 Å². The van der Waals surface area contributed by atoms with Crippen LogP contribution in [0, 0.1) is 0 Å². The molecule has 1 fully saturated rings. The molecule has 1 aromatic carbocycles. The zero-order chi connectivity index (χ0) is 17.4. The van der Waals surface area contributed by atoms with Crippen LogP contribution in [0.25, 0.3) is 5.78 Å². The summed E-state index contributed by atoms with van der Waals surface area (Å²) >= 11 is 0. The number of hydrogen-bond donors (Lipinski definition) is 0. The zero-order valence-corrected chi connectivity index (χ0v) is 14.4. The molecule has 0 bridgehead atoms. The molecule has 1 saturated heterocycles. The molecule has 130 valence electrons. The van der Waals surface area contributed by atoms with E-state index in [4.69, 9.17) is 4.74 Å². The number of ether oxygens (including phenoxy) is 1. The molecule has 1 aliphatic rings. The third-order valence-electron chi connectivity index (χ3n) is 4.42. The molecule has 4 rings (SSSR count). The molecule has 8 nitrogen and oxygen atoms in total. The van der Waals surface area contributed by atoms with Crippen molar-refractivity contribution in [1.29, 1.82) is 0 Å². The number of aromatic nitrogens is 4. The first kappa shape index (κ1) is 16.0. The van der Waals surface area contributed by atoms with Crippen molar-refractivity contribution in [2.45, 2.75) is 23.8 Å². The molecule has 0 saturated carbocycles. The Labute approximate surface area is 145 Å². The molecular formula is C16H17N5O3S. The summed E-state index contributed by atoms with van der Waals surface area (Å²) in [6.45, 7) is 0.470. The van der Waals surface area contributed by atoms with Gasteiger partial charge in [-0.3, -0.25) is 0 Å². The van der Waals surface area contributed by atoms with Crippen molar-refractivity contribution >= 4 is 15.8 Å². The predicted octanol–water partition coefficient (Wildman–Crippen LogP) is 1.66. The van der Waals surface area contributed by atoms with E-state index in [1.165, 1.54) is 10.6 Å². The lowest BCUT2D eigenvalue weighted by atomic mass is 10.1. The van der Waals surface area contributed by atoms with E-state index in [2.05, 4.69) is 15.1 Å². The monoisotopic (exact) mass is 359 g/mol. The van der Waals surface area contributed by atoms with E-state index in [0.717, 1.165) is 18.5 Å². The number of nitrogens with zero attached hydrogens (tertiary/aromatic N) is 5. The average Bonchev–Trinajstić information content (AvgIpc) is 3.30. The second-order valence-electron chi connectivity index (χ2n) is 5.79. The summed E-state index contributed by atoms with van der Waals surface area (Å²) in [4.78, 5) is 8.47. The third-order valence-corrected chi connectivity index (χ3v) is 6.34. The van der Waals surface area contributed by atoms with Crippen molar-refractivity contribution in [3.05, 3.63) is 48.5 Å². The Morgan fingerprint density at radius 1 is 1.16 bits per heavy atom. The van der Waals surface area contributed by atoms with Gasteiger partial charge in [-0.1, -0.05) is 0 Å². The number of rotatable bonds is 4. The van der Waals surface area contributed by atoms with Gasteiger partial charge in [-0.2, -0.15) is 18.9 Å². The summed E-state index contributed by atoms with van der Waals surface area (Å²) in [7, 11) is -2.07. The fourth-order valence-electron chi connectivity index (χ4n) is 3.22. The van der Waals surface area contributed by atoms with Crippen LogP contribution in [0.4, 0.5) is 0 Å². The Hall–Kier alpha value is -2.52. The highest BCUT2D eigenvalue weighted by Crippen LogP contribution is 2.36. The molecule has 0 aliphatic carbocycles. The zero-order valence-electron chi connectivity index (χ0n) is 13.6. The van der Waals surface area contributed by atoms with Crippen molar-refractivity contribution in [3.63, 3.8) is 0 Å². The average molecular weight is 359 g/mol. The molecule has 1 atom stereocenters. The summed E-state index contributed by atoms with van der Waals surface area (Å²) in [6, 6.07) is 7.95. The Morgan fingerprint density at radius 3 is 2.72 bits per heavy atom. The van der Waals surface area contributed by atoms with Gasteiger partial charge < -0.3 is 4.74 Å². The van der Waals surface area contributed by atoms with Crippen LogP contribution in [0.5, 0.6) is 5.75 Å². The van der Waals surface area contributed by atoms with Crippen LogP contribution in [0.3, 0.4) is 0 Å². The van der Waals surface area contributed by atoms with Gasteiger partial charge in [-0.05, 0) is 43.2 Å². The maximum atomic E-state index is 13.1. The van der Waals surface area contributed by atoms with Crippen LogP contribution in [-0.4, -0.2) is 46.0 Å². The highest BCUT2D eigenvalue weighted by molar-refractivity contribution is 7.89. The SMILES string of the molecule is COc1ccc(S(=O)(=O)N2CCCC2c2ccnc3ncnn23)cc1. The number of methoxy groups -OCH3 is 1. The number of sulfonamides is 1. The minimum absolute atomic E-state index is 0.254. The molecule has 1 unspecified atom stereocenters. The van der Waals surface area contributed by atoms with Crippen molar-refractivity contribution in [2.24, 2.45) is 0 Å². The fraction of sp³-hybridized carbons (Fsp3) is 0.312. The van der Waals surface area contributed by atoms with E-state index in [-0.39, 0.29) is 10.9 Å².